The van der Waals surface area contributed by atoms with Crippen LogP contribution in [0.2, 0.25) is 0 Å². The zero-order valence-corrected chi connectivity index (χ0v) is 15.4. The lowest BCUT2D eigenvalue weighted by atomic mass is 9.72. The van der Waals surface area contributed by atoms with Crippen molar-refractivity contribution in [1.82, 2.24) is 15.3 Å². The van der Waals surface area contributed by atoms with Gasteiger partial charge in [0.1, 0.15) is 23.0 Å². The summed E-state index contributed by atoms with van der Waals surface area (Å²) in [6, 6.07) is 13.8. The van der Waals surface area contributed by atoms with Crippen molar-refractivity contribution < 1.29 is 13.6 Å². The van der Waals surface area contributed by atoms with Gasteiger partial charge in [-0.1, -0.05) is 12.1 Å². The molecule has 0 saturated heterocycles. The predicted molar refractivity (Wildman–Crippen MR) is 104 cm³/mol. The van der Waals surface area contributed by atoms with Crippen LogP contribution in [0, 0.1) is 11.7 Å². The Bertz CT molecular complexity index is 1150. The van der Waals surface area contributed by atoms with Gasteiger partial charge in [0.05, 0.1) is 17.1 Å². The van der Waals surface area contributed by atoms with Crippen molar-refractivity contribution in [3.63, 3.8) is 0 Å². The highest BCUT2D eigenvalue weighted by atomic mass is 19.1. The number of carbonyl (C=O) groups excluding carboxylic acids is 1. The second kappa shape index (κ2) is 6.48. The monoisotopic (exact) mass is 377 g/mol. The van der Waals surface area contributed by atoms with Crippen LogP contribution in [0.4, 0.5) is 4.39 Å². The molecule has 1 aliphatic carbocycles. The molecular formula is C22H20FN3O2. The maximum atomic E-state index is 13.4. The first-order chi connectivity index (χ1) is 13.6. The molecular weight excluding hydrogens is 357 g/mol. The molecule has 2 heterocycles. The molecule has 28 heavy (non-hydrogen) atoms. The SMILES string of the molecule is C[C@H](NC(=O)[C@H]1CC[C@@H]1c1nc2ccccc2[nH]1)c1cc2cc(F)ccc2o1. The van der Waals surface area contributed by atoms with Gasteiger partial charge in [0.15, 0.2) is 0 Å². The summed E-state index contributed by atoms with van der Waals surface area (Å²) in [5.41, 5.74) is 2.53. The zero-order valence-electron chi connectivity index (χ0n) is 15.4. The summed E-state index contributed by atoms with van der Waals surface area (Å²) in [6.07, 6.45) is 1.78. The number of aromatic nitrogens is 2. The molecule has 0 bridgehead atoms. The second-order valence-electron chi connectivity index (χ2n) is 7.49. The van der Waals surface area contributed by atoms with Gasteiger partial charge in [-0.25, -0.2) is 9.37 Å². The number of fused-ring (bicyclic) bond motifs is 2. The van der Waals surface area contributed by atoms with Gasteiger partial charge in [0.2, 0.25) is 5.91 Å². The molecule has 1 aliphatic rings. The van der Waals surface area contributed by atoms with E-state index in [-0.39, 0.29) is 29.6 Å². The molecule has 0 unspecified atom stereocenters. The van der Waals surface area contributed by atoms with Crippen molar-refractivity contribution in [2.24, 2.45) is 5.92 Å². The van der Waals surface area contributed by atoms with Crippen LogP contribution >= 0.6 is 0 Å². The molecule has 0 spiro atoms. The minimum atomic E-state index is -0.306. The molecule has 5 nitrogen and oxygen atoms in total. The smallest absolute Gasteiger partial charge is 0.224 e. The fourth-order valence-corrected chi connectivity index (χ4v) is 3.93. The van der Waals surface area contributed by atoms with E-state index in [9.17, 15) is 9.18 Å². The molecule has 0 aliphatic heterocycles. The van der Waals surface area contributed by atoms with Crippen molar-refractivity contribution in [2.75, 3.05) is 0 Å². The van der Waals surface area contributed by atoms with E-state index in [4.69, 9.17) is 4.42 Å². The van der Waals surface area contributed by atoms with Gasteiger partial charge < -0.3 is 14.7 Å². The molecule has 4 aromatic rings. The summed E-state index contributed by atoms with van der Waals surface area (Å²) in [6.45, 7) is 1.88. The van der Waals surface area contributed by atoms with Crippen molar-refractivity contribution in [2.45, 2.75) is 31.7 Å². The summed E-state index contributed by atoms with van der Waals surface area (Å²) in [7, 11) is 0. The molecule has 2 N–H and O–H groups in total. The van der Waals surface area contributed by atoms with Crippen LogP contribution in [0.15, 0.2) is 52.9 Å². The van der Waals surface area contributed by atoms with E-state index in [0.717, 1.165) is 29.7 Å². The Morgan fingerprint density at radius 2 is 2.11 bits per heavy atom. The molecule has 6 heteroatoms. The number of aromatic amines is 1. The Kier molecular flexibility index (Phi) is 3.93. The number of H-pyrrole nitrogens is 1. The number of para-hydroxylation sites is 2. The third-order valence-corrected chi connectivity index (χ3v) is 5.65. The number of hydrogen-bond donors (Lipinski definition) is 2. The fraction of sp³-hybridized carbons (Fsp3) is 0.273. The molecule has 3 atom stereocenters. The first-order valence-electron chi connectivity index (χ1n) is 9.52. The molecule has 5 rings (SSSR count). The summed E-state index contributed by atoms with van der Waals surface area (Å²) >= 11 is 0. The molecule has 2 aromatic carbocycles. The number of hydrogen-bond acceptors (Lipinski definition) is 3. The molecule has 1 amide bonds. The van der Waals surface area contributed by atoms with Crippen LogP contribution < -0.4 is 5.32 Å². The maximum absolute atomic E-state index is 13.4. The average molecular weight is 377 g/mol. The molecule has 0 radical (unpaired) electrons. The van der Waals surface area contributed by atoms with E-state index in [1.54, 1.807) is 12.1 Å². The van der Waals surface area contributed by atoms with Gasteiger partial charge in [0, 0.05) is 17.2 Å². The first kappa shape index (κ1) is 17.0. The highest BCUT2D eigenvalue weighted by Crippen LogP contribution is 2.42. The molecule has 142 valence electrons. The Hall–Kier alpha value is -3.15. The van der Waals surface area contributed by atoms with Gasteiger partial charge >= 0.3 is 0 Å². The highest BCUT2D eigenvalue weighted by molar-refractivity contribution is 5.82. The third kappa shape index (κ3) is 2.85. The van der Waals surface area contributed by atoms with Gasteiger partial charge in [-0.05, 0) is 56.2 Å². The zero-order chi connectivity index (χ0) is 19.3. The van der Waals surface area contributed by atoms with Crippen LogP contribution in [0.25, 0.3) is 22.0 Å². The number of halogens is 1. The van der Waals surface area contributed by atoms with Gasteiger partial charge in [0.25, 0.3) is 0 Å². The Balaban J connectivity index is 1.31. The Morgan fingerprint density at radius 1 is 1.25 bits per heavy atom. The van der Waals surface area contributed by atoms with Crippen LogP contribution in [0.3, 0.4) is 0 Å². The van der Waals surface area contributed by atoms with E-state index >= 15 is 0 Å². The highest BCUT2D eigenvalue weighted by Gasteiger charge is 2.40. The van der Waals surface area contributed by atoms with Crippen molar-refractivity contribution >= 4 is 27.9 Å². The van der Waals surface area contributed by atoms with Crippen LogP contribution in [0.1, 0.15) is 43.3 Å². The van der Waals surface area contributed by atoms with Gasteiger partial charge in [-0.3, -0.25) is 4.79 Å². The number of benzene rings is 2. The number of rotatable bonds is 4. The Labute approximate surface area is 161 Å². The first-order valence-corrected chi connectivity index (χ1v) is 9.52. The van der Waals surface area contributed by atoms with Crippen LogP contribution in [-0.2, 0) is 4.79 Å². The lowest BCUT2D eigenvalue weighted by Crippen LogP contribution is -2.40. The van der Waals surface area contributed by atoms with Crippen molar-refractivity contribution in [1.29, 1.82) is 0 Å². The summed E-state index contributed by atoms with van der Waals surface area (Å²) in [5.74, 6) is 1.18. The maximum Gasteiger partial charge on any atom is 0.224 e. The molecule has 1 saturated carbocycles. The summed E-state index contributed by atoms with van der Waals surface area (Å²) < 4.78 is 19.1. The number of nitrogens with zero attached hydrogens (tertiary/aromatic N) is 1. The van der Waals surface area contributed by atoms with Crippen LogP contribution in [0.5, 0.6) is 0 Å². The summed E-state index contributed by atoms with van der Waals surface area (Å²) in [5, 5.41) is 3.73. The standard InChI is InChI=1S/C22H20FN3O2/c1-12(20-11-13-10-14(23)6-9-19(13)28-20)24-22(27)16-8-7-15(16)21-25-17-4-2-3-5-18(17)26-21/h2-6,9-12,15-16H,7-8H2,1H3,(H,24,27)(H,25,26)/t12-,15-,16-/m0/s1. The minimum absolute atomic E-state index is 0.00385. The fourth-order valence-electron chi connectivity index (χ4n) is 3.93. The Morgan fingerprint density at radius 3 is 2.89 bits per heavy atom. The lowest BCUT2D eigenvalue weighted by Gasteiger charge is -2.34. The van der Waals surface area contributed by atoms with Gasteiger partial charge in [-0.2, -0.15) is 0 Å². The second-order valence-corrected chi connectivity index (χ2v) is 7.49. The van der Waals surface area contributed by atoms with Crippen LogP contribution in [-0.4, -0.2) is 15.9 Å². The molecule has 2 aromatic heterocycles. The van der Waals surface area contributed by atoms with Crippen molar-refractivity contribution in [3.8, 4) is 0 Å². The normalized spacial score (nSPS) is 20.2. The van der Waals surface area contributed by atoms with E-state index < -0.39 is 0 Å². The largest absolute Gasteiger partial charge is 0.459 e. The minimum Gasteiger partial charge on any atom is -0.459 e. The molecule has 1 fully saturated rings. The third-order valence-electron chi connectivity index (χ3n) is 5.65. The number of carbonyl (C=O) groups is 1. The number of nitrogens with one attached hydrogen (secondary N) is 2. The number of furan rings is 1. The van der Waals surface area contributed by atoms with E-state index in [2.05, 4.69) is 15.3 Å². The van der Waals surface area contributed by atoms with E-state index in [1.165, 1.54) is 12.1 Å². The summed E-state index contributed by atoms with van der Waals surface area (Å²) in [4.78, 5) is 20.8. The number of imidazole rings is 1. The van der Waals surface area contributed by atoms with E-state index in [1.807, 2.05) is 31.2 Å². The average Bonchev–Trinajstić information content (AvgIpc) is 3.23. The quantitative estimate of drug-likeness (QED) is 0.536. The van der Waals surface area contributed by atoms with Crippen molar-refractivity contribution in [3.05, 3.63) is 65.9 Å². The van der Waals surface area contributed by atoms with Gasteiger partial charge in [-0.15, -0.1) is 0 Å². The topological polar surface area (TPSA) is 70.9 Å². The lowest BCUT2D eigenvalue weighted by molar-refractivity contribution is -0.129. The number of amides is 1. The van der Waals surface area contributed by atoms with E-state index in [0.29, 0.717) is 16.7 Å². The predicted octanol–water partition coefficient (Wildman–Crippen LogP) is 4.82.